The molecule has 0 aromatic heterocycles. The molecule has 0 saturated carbocycles. The van der Waals surface area contributed by atoms with Crippen molar-refractivity contribution in [2.24, 2.45) is 5.92 Å². The Labute approximate surface area is 153 Å². The molecule has 0 aliphatic rings. The van der Waals surface area contributed by atoms with Crippen LogP contribution >= 0.6 is 0 Å². The maximum absolute atomic E-state index is 6.59. The fourth-order valence-electron chi connectivity index (χ4n) is 3.10. The molecule has 138 valence electrons. The molecule has 0 radical (unpaired) electrons. The highest BCUT2D eigenvalue weighted by atomic mass is 28.5. The van der Waals surface area contributed by atoms with Gasteiger partial charge in [0.05, 0.1) is 0 Å². The lowest BCUT2D eigenvalue weighted by Gasteiger charge is -2.38. The molecule has 0 fully saturated rings. The minimum absolute atomic E-state index is 0.710. The quantitative estimate of drug-likeness (QED) is 0.473. The average Bonchev–Trinajstić information content (AvgIpc) is 2.32. The third-order valence-electron chi connectivity index (χ3n) is 3.58. The summed E-state index contributed by atoms with van der Waals surface area (Å²) in [4.78, 5) is 0. The summed E-state index contributed by atoms with van der Waals surface area (Å²) in [5.74, 6) is 0.710. The summed E-state index contributed by atoms with van der Waals surface area (Å²) in [6.07, 6.45) is 2.21. The van der Waals surface area contributed by atoms with Gasteiger partial charge in [0.2, 0.25) is 0 Å². The first-order valence-corrected chi connectivity index (χ1v) is 18.6. The Balaban J connectivity index is 2.77. The first kappa shape index (κ1) is 21.8. The van der Waals surface area contributed by atoms with Crippen LogP contribution < -0.4 is 0 Å². The Morgan fingerprint density at radius 1 is 0.750 bits per heavy atom. The van der Waals surface area contributed by atoms with Crippen molar-refractivity contribution in [1.82, 2.24) is 0 Å². The second-order valence-corrected chi connectivity index (χ2v) is 22.3. The molecule has 0 unspecified atom stereocenters. The van der Waals surface area contributed by atoms with Gasteiger partial charge in [0.1, 0.15) is 0 Å². The Hall–Kier alpha value is -0.209. The molecule has 1 aromatic rings. The summed E-state index contributed by atoms with van der Waals surface area (Å²) < 4.78 is 13.2. The molecule has 0 bridgehead atoms. The largest absolute Gasteiger partial charge is 0.437 e. The molecule has 0 amide bonds. The maximum Gasteiger partial charge on any atom is 0.314 e. The highest BCUT2D eigenvalue weighted by Gasteiger charge is 2.39. The molecule has 0 N–H and O–H groups in total. The zero-order valence-electron chi connectivity index (χ0n) is 17.3. The predicted octanol–water partition coefficient (Wildman–Crippen LogP) is 6.20. The van der Waals surface area contributed by atoms with Gasteiger partial charge in [0.15, 0.2) is 16.6 Å². The zero-order valence-corrected chi connectivity index (χ0v) is 20.3. The van der Waals surface area contributed by atoms with E-state index in [2.05, 4.69) is 83.9 Å². The smallest absolute Gasteiger partial charge is 0.314 e. The van der Waals surface area contributed by atoms with Crippen LogP contribution in [0, 0.1) is 5.92 Å². The van der Waals surface area contributed by atoms with E-state index in [0.29, 0.717) is 5.92 Å². The van der Waals surface area contributed by atoms with Gasteiger partial charge in [-0.3, -0.25) is 0 Å². The molecular formula is C19H38O2Si3. The normalized spacial score (nSPS) is 13.6. The standard InChI is InChI=1S/C19H38O2Si3/c1-17(2)16-19-12-10-18(11-13-19)14-15-24(9,20-22(3,4)5)21-23(6,7)8/h10-13,17H,14-16H2,1-9H3. The lowest BCUT2D eigenvalue weighted by atomic mass is 10.0. The molecule has 0 saturated heterocycles. The molecule has 0 aliphatic heterocycles. The van der Waals surface area contributed by atoms with E-state index < -0.39 is 25.2 Å². The Bertz CT molecular complexity index is 483. The van der Waals surface area contributed by atoms with Crippen LogP contribution in [0.4, 0.5) is 0 Å². The second kappa shape index (κ2) is 8.45. The minimum Gasteiger partial charge on any atom is -0.437 e. The van der Waals surface area contributed by atoms with Gasteiger partial charge in [-0.2, -0.15) is 0 Å². The van der Waals surface area contributed by atoms with Crippen molar-refractivity contribution in [2.75, 3.05) is 0 Å². The summed E-state index contributed by atoms with van der Waals surface area (Å²) in [7, 11) is -5.32. The van der Waals surface area contributed by atoms with Crippen LogP contribution in [-0.4, -0.2) is 25.2 Å². The summed E-state index contributed by atoms with van der Waals surface area (Å²) in [5.41, 5.74) is 2.84. The average molecular weight is 383 g/mol. The van der Waals surface area contributed by atoms with E-state index in [-0.39, 0.29) is 0 Å². The van der Waals surface area contributed by atoms with E-state index in [1.54, 1.807) is 0 Å². The van der Waals surface area contributed by atoms with Gasteiger partial charge in [0, 0.05) is 0 Å². The topological polar surface area (TPSA) is 18.5 Å². The fourth-order valence-corrected chi connectivity index (χ4v) is 15.6. The molecule has 0 heterocycles. The van der Waals surface area contributed by atoms with E-state index in [4.69, 9.17) is 8.23 Å². The van der Waals surface area contributed by atoms with Gasteiger partial charge in [-0.05, 0) is 81.8 Å². The molecule has 0 spiro atoms. The number of rotatable bonds is 9. The summed E-state index contributed by atoms with van der Waals surface area (Å²) >= 11 is 0. The van der Waals surface area contributed by atoms with Gasteiger partial charge in [-0.1, -0.05) is 38.1 Å². The van der Waals surface area contributed by atoms with Crippen molar-refractivity contribution in [3.63, 3.8) is 0 Å². The minimum atomic E-state index is -2.12. The van der Waals surface area contributed by atoms with Crippen molar-refractivity contribution in [3.05, 3.63) is 35.4 Å². The van der Waals surface area contributed by atoms with E-state index in [0.717, 1.165) is 18.9 Å². The van der Waals surface area contributed by atoms with Crippen molar-refractivity contribution in [3.8, 4) is 0 Å². The van der Waals surface area contributed by atoms with Crippen molar-refractivity contribution >= 4 is 25.2 Å². The van der Waals surface area contributed by atoms with Crippen LogP contribution in [-0.2, 0) is 21.1 Å². The molecule has 0 aliphatic carbocycles. The number of aryl methyl sites for hydroxylation is 1. The first-order chi connectivity index (χ1) is 10.8. The molecule has 1 rings (SSSR count). The summed E-state index contributed by atoms with van der Waals surface area (Å²) in [5, 5.41) is 0. The Morgan fingerprint density at radius 2 is 1.17 bits per heavy atom. The molecule has 2 nitrogen and oxygen atoms in total. The van der Waals surface area contributed by atoms with Gasteiger partial charge in [-0.25, -0.2) is 0 Å². The Morgan fingerprint density at radius 3 is 1.54 bits per heavy atom. The molecule has 0 atom stereocenters. The van der Waals surface area contributed by atoms with Crippen LogP contribution in [0.1, 0.15) is 25.0 Å². The molecule has 5 heteroatoms. The summed E-state index contributed by atoms with van der Waals surface area (Å²) in [6, 6.07) is 10.2. The van der Waals surface area contributed by atoms with Crippen LogP contribution in [0.3, 0.4) is 0 Å². The van der Waals surface area contributed by atoms with E-state index in [1.807, 2.05) is 0 Å². The van der Waals surface area contributed by atoms with Gasteiger partial charge < -0.3 is 8.23 Å². The van der Waals surface area contributed by atoms with E-state index >= 15 is 0 Å². The second-order valence-electron chi connectivity index (χ2n) is 9.48. The highest BCUT2D eigenvalue weighted by molar-refractivity contribution is 6.87. The van der Waals surface area contributed by atoms with Gasteiger partial charge in [-0.15, -0.1) is 0 Å². The van der Waals surface area contributed by atoms with Crippen LogP contribution in [0.2, 0.25) is 51.9 Å². The monoisotopic (exact) mass is 382 g/mol. The van der Waals surface area contributed by atoms with Crippen molar-refractivity contribution < 1.29 is 8.23 Å². The first-order valence-electron chi connectivity index (χ1n) is 9.26. The lowest BCUT2D eigenvalue weighted by molar-refractivity contribution is 0.383. The number of benzene rings is 1. The van der Waals surface area contributed by atoms with Crippen LogP contribution in [0.5, 0.6) is 0 Å². The number of hydrogen-bond donors (Lipinski definition) is 0. The zero-order chi connectivity index (χ0) is 18.6. The third kappa shape index (κ3) is 9.32. The summed E-state index contributed by atoms with van der Waals surface area (Å²) in [6.45, 7) is 20.4. The third-order valence-corrected chi connectivity index (χ3v) is 13.1. The van der Waals surface area contributed by atoms with Crippen LogP contribution in [0.25, 0.3) is 0 Å². The fraction of sp³-hybridized carbons (Fsp3) is 0.684. The van der Waals surface area contributed by atoms with Gasteiger partial charge in [0.25, 0.3) is 0 Å². The number of hydrogen-bond acceptors (Lipinski definition) is 2. The molecule has 24 heavy (non-hydrogen) atoms. The molecule has 1 aromatic carbocycles. The predicted molar refractivity (Wildman–Crippen MR) is 114 cm³/mol. The van der Waals surface area contributed by atoms with Crippen LogP contribution in [0.15, 0.2) is 24.3 Å². The molecular weight excluding hydrogens is 344 g/mol. The Kier molecular flexibility index (Phi) is 7.69. The van der Waals surface area contributed by atoms with Gasteiger partial charge >= 0.3 is 8.56 Å². The maximum atomic E-state index is 6.59. The lowest BCUT2D eigenvalue weighted by Crippen LogP contribution is -2.52. The van der Waals surface area contributed by atoms with E-state index in [9.17, 15) is 0 Å². The van der Waals surface area contributed by atoms with E-state index in [1.165, 1.54) is 11.1 Å². The SMILES string of the molecule is CC(C)Cc1ccc(CC[Si](C)(O[Si](C)(C)C)O[Si](C)(C)C)cc1. The van der Waals surface area contributed by atoms with Crippen molar-refractivity contribution in [2.45, 2.75) is 78.6 Å². The van der Waals surface area contributed by atoms with Crippen molar-refractivity contribution in [1.29, 1.82) is 0 Å². The highest BCUT2D eigenvalue weighted by Crippen LogP contribution is 2.26.